The normalized spacial score (nSPS) is 20.6. The summed E-state index contributed by atoms with van der Waals surface area (Å²) in [6.07, 6.45) is 19.0. The van der Waals surface area contributed by atoms with Crippen molar-refractivity contribution < 1.29 is 0 Å². The molecular formula is C17H28. The molecule has 96 valence electrons. The molecule has 0 unspecified atom stereocenters. The van der Waals surface area contributed by atoms with Crippen LogP contribution in [0, 0.1) is 5.41 Å². The second-order valence-electron chi connectivity index (χ2n) is 5.99. The highest BCUT2D eigenvalue weighted by Crippen LogP contribution is 2.55. The molecule has 17 heavy (non-hydrogen) atoms. The molecule has 2 rings (SSSR count). The Morgan fingerprint density at radius 2 is 1.29 bits per heavy atom. The first-order chi connectivity index (χ1) is 8.29. The second-order valence-corrected chi connectivity index (χ2v) is 5.99. The first-order valence-corrected chi connectivity index (χ1v) is 7.73. The first-order valence-electron chi connectivity index (χ1n) is 7.73. The van der Waals surface area contributed by atoms with Gasteiger partial charge in [0.25, 0.3) is 0 Å². The average Bonchev–Trinajstić information content (AvgIpc) is 2.97. The molecule has 1 fully saturated rings. The highest BCUT2D eigenvalue weighted by molar-refractivity contribution is 5.45. The Morgan fingerprint density at radius 1 is 0.824 bits per heavy atom. The molecule has 0 aliphatic heterocycles. The average molecular weight is 232 g/mol. The Morgan fingerprint density at radius 3 is 1.65 bits per heavy atom. The van der Waals surface area contributed by atoms with Crippen molar-refractivity contribution in [1.29, 1.82) is 0 Å². The molecular weight excluding hydrogens is 204 g/mol. The van der Waals surface area contributed by atoms with Crippen LogP contribution in [0.4, 0.5) is 0 Å². The van der Waals surface area contributed by atoms with E-state index in [2.05, 4.69) is 26.0 Å². The Bertz CT molecular complexity index is 274. The Labute approximate surface area is 107 Å². The van der Waals surface area contributed by atoms with Crippen LogP contribution in [0.2, 0.25) is 0 Å². The Hall–Kier alpha value is -0.520. The zero-order valence-corrected chi connectivity index (χ0v) is 11.7. The molecule has 0 heterocycles. The topological polar surface area (TPSA) is 0 Å². The summed E-state index contributed by atoms with van der Waals surface area (Å²) in [5, 5.41) is 0. The SMILES string of the molecule is CCCCCC1=CC2(C=C1CCCCC)CC2. The van der Waals surface area contributed by atoms with E-state index in [9.17, 15) is 0 Å². The fourth-order valence-corrected chi connectivity index (χ4v) is 2.95. The minimum atomic E-state index is 0.559. The van der Waals surface area contributed by atoms with Crippen LogP contribution in [0.1, 0.15) is 78.1 Å². The zero-order chi connectivity index (χ0) is 12.1. The lowest BCUT2D eigenvalue weighted by Crippen LogP contribution is -1.88. The molecule has 0 heteroatoms. The number of hydrogen-bond acceptors (Lipinski definition) is 0. The van der Waals surface area contributed by atoms with Crippen molar-refractivity contribution >= 4 is 0 Å². The van der Waals surface area contributed by atoms with Crippen molar-refractivity contribution in [1.82, 2.24) is 0 Å². The molecule has 0 amide bonds. The van der Waals surface area contributed by atoms with E-state index in [-0.39, 0.29) is 0 Å². The van der Waals surface area contributed by atoms with Crippen LogP contribution in [-0.2, 0) is 0 Å². The molecule has 0 N–H and O–H groups in total. The van der Waals surface area contributed by atoms with Gasteiger partial charge in [-0.1, -0.05) is 51.7 Å². The van der Waals surface area contributed by atoms with Gasteiger partial charge in [0.2, 0.25) is 0 Å². The van der Waals surface area contributed by atoms with Crippen molar-refractivity contribution in [2.75, 3.05) is 0 Å². The van der Waals surface area contributed by atoms with Crippen LogP contribution in [0.5, 0.6) is 0 Å². The second kappa shape index (κ2) is 5.89. The predicted molar refractivity (Wildman–Crippen MR) is 76.1 cm³/mol. The quantitative estimate of drug-likeness (QED) is 0.464. The first kappa shape index (κ1) is 12.9. The van der Waals surface area contributed by atoms with Gasteiger partial charge in [0.15, 0.2) is 0 Å². The van der Waals surface area contributed by atoms with Crippen molar-refractivity contribution in [3.8, 4) is 0 Å². The lowest BCUT2D eigenvalue weighted by molar-refractivity contribution is 0.692. The number of unbranched alkanes of at least 4 members (excludes halogenated alkanes) is 4. The van der Waals surface area contributed by atoms with Crippen LogP contribution in [0.3, 0.4) is 0 Å². The fourth-order valence-electron chi connectivity index (χ4n) is 2.95. The van der Waals surface area contributed by atoms with E-state index in [1.165, 1.54) is 64.2 Å². The maximum atomic E-state index is 2.62. The highest BCUT2D eigenvalue weighted by Gasteiger charge is 2.42. The van der Waals surface area contributed by atoms with Gasteiger partial charge in [0.1, 0.15) is 0 Å². The summed E-state index contributed by atoms with van der Waals surface area (Å²) in [4.78, 5) is 0. The maximum absolute atomic E-state index is 2.62. The smallest absolute Gasteiger partial charge is 0.00736 e. The lowest BCUT2D eigenvalue weighted by Gasteiger charge is -2.08. The molecule has 0 aromatic heterocycles. The van der Waals surface area contributed by atoms with Gasteiger partial charge in [0, 0.05) is 5.41 Å². The van der Waals surface area contributed by atoms with E-state index in [0.717, 1.165) is 0 Å². The number of rotatable bonds is 8. The standard InChI is InChI=1S/C17H28/c1-3-5-7-9-15-13-17(11-12-17)14-16(15)10-8-6-4-2/h13-14H,3-12H2,1-2H3. The molecule has 2 aliphatic rings. The summed E-state index contributed by atoms with van der Waals surface area (Å²) < 4.78 is 0. The van der Waals surface area contributed by atoms with E-state index in [0.29, 0.717) is 5.41 Å². The van der Waals surface area contributed by atoms with E-state index in [4.69, 9.17) is 0 Å². The van der Waals surface area contributed by atoms with E-state index in [1.54, 1.807) is 11.1 Å². The molecule has 0 nitrogen and oxygen atoms in total. The van der Waals surface area contributed by atoms with Crippen LogP contribution in [0.25, 0.3) is 0 Å². The maximum Gasteiger partial charge on any atom is 0.00736 e. The number of hydrogen-bond donors (Lipinski definition) is 0. The summed E-state index contributed by atoms with van der Waals surface area (Å²) in [5.41, 5.74) is 3.99. The van der Waals surface area contributed by atoms with Crippen LogP contribution in [-0.4, -0.2) is 0 Å². The summed E-state index contributed by atoms with van der Waals surface area (Å²) in [6.45, 7) is 4.59. The molecule has 0 radical (unpaired) electrons. The monoisotopic (exact) mass is 232 g/mol. The summed E-state index contributed by atoms with van der Waals surface area (Å²) >= 11 is 0. The third-order valence-electron chi connectivity index (χ3n) is 4.26. The zero-order valence-electron chi connectivity index (χ0n) is 11.7. The van der Waals surface area contributed by atoms with Gasteiger partial charge in [-0.05, 0) is 49.7 Å². The van der Waals surface area contributed by atoms with Crippen molar-refractivity contribution in [2.24, 2.45) is 5.41 Å². The van der Waals surface area contributed by atoms with Crippen LogP contribution in [0.15, 0.2) is 23.3 Å². The van der Waals surface area contributed by atoms with Gasteiger partial charge in [-0.15, -0.1) is 0 Å². The van der Waals surface area contributed by atoms with Crippen molar-refractivity contribution in [3.05, 3.63) is 23.3 Å². The molecule has 0 saturated heterocycles. The van der Waals surface area contributed by atoms with Gasteiger partial charge < -0.3 is 0 Å². The Balaban J connectivity index is 1.86. The van der Waals surface area contributed by atoms with Gasteiger partial charge in [-0.25, -0.2) is 0 Å². The van der Waals surface area contributed by atoms with Gasteiger partial charge >= 0.3 is 0 Å². The number of allylic oxidation sites excluding steroid dienone is 4. The Kier molecular flexibility index (Phi) is 4.48. The predicted octanol–water partition coefficient (Wildman–Crippen LogP) is 5.79. The minimum absolute atomic E-state index is 0.559. The van der Waals surface area contributed by atoms with Crippen LogP contribution < -0.4 is 0 Å². The molecule has 2 aliphatic carbocycles. The molecule has 0 bridgehead atoms. The molecule has 1 saturated carbocycles. The van der Waals surface area contributed by atoms with Crippen molar-refractivity contribution in [2.45, 2.75) is 78.1 Å². The third kappa shape index (κ3) is 3.47. The third-order valence-corrected chi connectivity index (χ3v) is 4.26. The van der Waals surface area contributed by atoms with E-state index >= 15 is 0 Å². The van der Waals surface area contributed by atoms with Gasteiger partial charge in [-0.3, -0.25) is 0 Å². The summed E-state index contributed by atoms with van der Waals surface area (Å²) in [6, 6.07) is 0. The largest absolute Gasteiger partial charge is 0.0710 e. The van der Waals surface area contributed by atoms with E-state index in [1.807, 2.05) is 0 Å². The van der Waals surface area contributed by atoms with Gasteiger partial charge in [-0.2, -0.15) is 0 Å². The van der Waals surface area contributed by atoms with Crippen molar-refractivity contribution in [3.63, 3.8) is 0 Å². The van der Waals surface area contributed by atoms with Gasteiger partial charge in [0.05, 0.1) is 0 Å². The molecule has 0 aromatic rings. The summed E-state index contributed by atoms with van der Waals surface area (Å²) in [5.74, 6) is 0. The fraction of sp³-hybridized carbons (Fsp3) is 0.765. The molecule has 1 spiro atoms. The highest BCUT2D eigenvalue weighted by atomic mass is 14.5. The molecule has 0 atom stereocenters. The van der Waals surface area contributed by atoms with Crippen LogP contribution >= 0.6 is 0 Å². The minimum Gasteiger partial charge on any atom is -0.0710 e. The molecule has 0 aromatic carbocycles. The van der Waals surface area contributed by atoms with E-state index < -0.39 is 0 Å². The lowest BCUT2D eigenvalue weighted by atomic mass is 9.98. The summed E-state index contributed by atoms with van der Waals surface area (Å²) in [7, 11) is 0.